The average molecular weight is 338 g/mol. The molecule has 0 bridgehead atoms. The minimum Gasteiger partial charge on any atom is -0.491 e. The number of nitrogens with zero attached hydrogens (tertiary/aromatic N) is 2. The highest BCUT2D eigenvalue weighted by Crippen LogP contribution is 2.49. The first-order valence-electron chi connectivity index (χ1n) is 6.92. The van der Waals surface area contributed by atoms with Crippen LogP contribution in [-0.2, 0) is 15.6 Å². The number of hydrogen-bond acceptors (Lipinski definition) is 5. The fourth-order valence-electron chi connectivity index (χ4n) is 3.39. The monoisotopic (exact) mass is 338 g/mol. The van der Waals surface area contributed by atoms with Gasteiger partial charge in [-0.3, -0.25) is 0 Å². The predicted octanol–water partition coefficient (Wildman–Crippen LogP) is 0.659. The first-order valence-corrected chi connectivity index (χ1v) is 9.01. The average Bonchev–Trinajstić information content (AvgIpc) is 2.91. The van der Waals surface area contributed by atoms with Gasteiger partial charge in [0.05, 0.1) is 0 Å². The molecular weight excluding hydrogens is 322 g/mol. The van der Waals surface area contributed by atoms with E-state index >= 15 is 0 Å². The Labute approximate surface area is 137 Å². The number of halogens is 1. The number of anilines is 1. The molecule has 1 aliphatic carbocycles. The zero-order chi connectivity index (χ0) is 16.1. The Morgan fingerprint density at radius 1 is 1.55 bits per heavy atom. The van der Waals surface area contributed by atoms with E-state index in [0.717, 1.165) is 4.31 Å². The summed E-state index contributed by atoms with van der Waals surface area (Å²) >= 11 is 2.33. The zero-order valence-corrected chi connectivity index (χ0v) is 14.1. The Bertz CT molecular complexity index is 754. The molecule has 3 N–H and O–H groups in total. The lowest BCUT2D eigenvalue weighted by molar-refractivity contribution is 0.399. The second-order valence-electron chi connectivity index (χ2n) is 5.63. The van der Waals surface area contributed by atoms with Gasteiger partial charge >= 0.3 is 16.5 Å². The third kappa shape index (κ3) is 2.03. The number of fused-ring (bicyclic) bond motifs is 1. The molecule has 2 atom stereocenters. The summed E-state index contributed by atoms with van der Waals surface area (Å²) < 4.78 is 43.6. The molecule has 0 amide bonds. The van der Waals surface area contributed by atoms with Crippen molar-refractivity contribution in [2.45, 2.75) is 30.1 Å². The standard InChI is InChI=1S/C13H16FN4O2S.Al/c1-18-12(16)17-13(6-2-3-11(13)21(18,19)20)9-7-8(15)4-5-10(9)14;/h4-5,7,11,15H,2-3,6H2,1H3,(H2,16,17);/q-1;+1/t11-,13-;/m1./s1. The highest BCUT2D eigenvalue weighted by atomic mass is 32.2. The molecule has 1 aromatic rings. The summed E-state index contributed by atoms with van der Waals surface area (Å²) in [6, 6.07) is 4.52. The molecule has 1 fully saturated rings. The van der Waals surface area contributed by atoms with Crippen LogP contribution in [0.2, 0.25) is 0 Å². The van der Waals surface area contributed by atoms with Gasteiger partial charge in [-0.2, -0.15) is 0 Å². The number of nitrogens with two attached hydrogens (primary N) is 1. The molecule has 1 saturated carbocycles. The molecule has 116 valence electrons. The molecule has 2 aliphatic rings. The quantitative estimate of drug-likeness (QED) is 0.776. The van der Waals surface area contributed by atoms with Crippen molar-refractivity contribution in [3.8, 4) is 0 Å². The van der Waals surface area contributed by atoms with E-state index in [4.69, 9.17) is 5.73 Å². The summed E-state index contributed by atoms with van der Waals surface area (Å²) in [5.74, 6) is -0.561. The van der Waals surface area contributed by atoms with E-state index < -0.39 is 26.6 Å². The van der Waals surface area contributed by atoms with Gasteiger partial charge in [-0.25, -0.2) is 22.1 Å². The first kappa shape index (κ1) is 15.6. The summed E-state index contributed by atoms with van der Waals surface area (Å²) in [7, 11) is -2.26. The van der Waals surface area contributed by atoms with Gasteiger partial charge in [0.2, 0.25) is 16.0 Å². The second kappa shape index (κ2) is 5.12. The summed E-state index contributed by atoms with van der Waals surface area (Å²) in [6.07, 6.45) is 1.57. The maximum absolute atomic E-state index is 14.4. The fourth-order valence-corrected chi connectivity index (χ4v) is 5.51. The van der Waals surface area contributed by atoms with Gasteiger partial charge in [0.1, 0.15) is 16.6 Å². The predicted molar refractivity (Wildman–Crippen MR) is 83.4 cm³/mol. The van der Waals surface area contributed by atoms with Gasteiger partial charge in [-0.1, -0.05) is 0 Å². The van der Waals surface area contributed by atoms with Gasteiger partial charge in [0.15, 0.2) is 0 Å². The molecule has 22 heavy (non-hydrogen) atoms. The van der Waals surface area contributed by atoms with Crippen molar-refractivity contribution in [2.75, 3.05) is 11.3 Å². The molecule has 1 heterocycles. The van der Waals surface area contributed by atoms with Gasteiger partial charge in [0, 0.05) is 18.3 Å². The molecule has 0 spiro atoms. The molecule has 3 rings (SSSR count). The van der Waals surface area contributed by atoms with Crippen molar-refractivity contribution in [1.29, 1.82) is 0 Å². The van der Waals surface area contributed by atoms with Gasteiger partial charge in [-0.05, 0) is 37.5 Å². The number of nitrogens with one attached hydrogen (secondary N) is 1. The van der Waals surface area contributed by atoms with E-state index in [1.165, 1.54) is 13.1 Å². The number of hydrogen-bond donors (Lipinski definition) is 2. The number of guanidine groups is 1. The summed E-state index contributed by atoms with van der Waals surface area (Å²) in [5, 5.41) is -0.786. The van der Waals surface area contributed by atoms with Crippen LogP contribution in [0, 0.1) is 5.82 Å². The molecule has 0 saturated heterocycles. The summed E-state index contributed by atoms with van der Waals surface area (Å²) in [6.45, 7) is 0. The maximum atomic E-state index is 14.4. The van der Waals surface area contributed by atoms with Crippen LogP contribution in [0.25, 0.3) is 0 Å². The van der Waals surface area contributed by atoms with Crippen molar-refractivity contribution in [1.82, 2.24) is 4.31 Å². The SMILES string of the molecule is CN1C(N)=N[C@@]2(c3cc([NH][Al])ccc3F)CCC[C@H]2S1(=O)=O. The Morgan fingerprint density at radius 2 is 2.27 bits per heavy atom. The summed E-state index contributed by atoms with van der Waals surface area (Å²) in [4.78, 5) is 4.43. The summed E-state index contributed by atoms with van der Waals surface area (Å²) in [5.41, 5.74) is 5.62. The number of benzene rings is 1. The highest BCUT2D eigenvalue weighted by Gasteiger charge is 2.56. The van der Waals surface area contributed by atoms with Crippen LogP contribution in [0.15, 0.2) is 23.2 Å². The van der Waals surface area contributed by atoms with Crippen molar-refractivity contribution < 1.29 is 12.8 Å². The largest absolute Gasteiger partial charge is 0.491 e. The molecule has 0 unspecified atom stereocenters. The molecule has 1 aliphatic heterocycles. The minimum absolute atomic E-state index is 0.0956. The number of aliphatic imine (C=N–C) groups is 1. The normalized spacial score (nSPS) is 29.8. The van der Waals surface area contributed by atoms with Crippen molar-refractivity contribution >= 4 is 38.2 Å². The molecular formula is C13H16AlFN4O2S. The second-order valence-corrected chi connectivity index (χ2v) is 8.06. The van der Waals surface area contributed by atoms with Gasteiger partial charge < -0.3 is 10.0 Å². The number of rotatable bonds is 2. The Kier molecular flexibility index (Phi) is 3.63. The van der Waals surface area contributed by atoms with Crippen LogP contribution in [0.1, 0.15) is 24.8 Å². The van der Waals surface area contributed by atoms with Crippen molar-refractivity contribution in [3.05, 3.63) is 29.6 Å². The third-order valence-electron chi connectivity index (χ3n) is 4.53. The van der Waals surface area contributed by atoms with E-state index in [2.05, 4.69) is 25.8 Å². The van der Waals surface area contributed by atoms with Crippen LogP contribution >= 0.6 is 0 Å². The molecule has 1 aromatic carbocycles. The van der Waals surface area contributed by atoms with Gasteiger partial charge in [-0.15, -0.1) is 0 Å². The smallest absolute Gasteiger partial charge is 0.305 e. The van der Waals surface area contributed by atoms with Crippen molar-refractivity contribution in [2.24, 2.45) is 10.7 Å². The van der Waals surface area contributed by atoms with E-state index in [1.54, 1.807) is 12.1 Å². The van der Waals surface area contributed by atoms with Crippen molar-refractivity contribution in [3.63, 3.8) is 0 Å². The number of sulfonamides is 1. The Balaban J connectivity index is 2.27. The van der Waals surface area contributed by atoms with Crippen LogP contribution in [0.3, 0.4) is 0 Å². The molecule has 9 heteroatoms. The molecule has 6 nitrogen and oxygen atoms in total. The van der Waals surface area contributed by atoms with Crippen LogP contribution < -0.4 is 10.0 Å². The van der Waals surface area contributed by atoms with E-state index in [9.17, 15) is 12.8 Å². The molecule has 0 aromatic heterocycles. The lowest BCUT2D eigenvalue weighted by Crippen LogP contribution is -2.55. The van der Waals surface area contributed by atoms with Crippen LogP contribution in [0.5, 0.6) is 0 Å². The fraction of sp³-hybridized carbons (Fsp3) is 0.462. The lowest BCUT2D eigenvalue weighted by Gasteiger charge is -2.39. The minimum atomic E-state index is -3.65. The highest BCUT2D eigenvalue weighted by molar-refractivity contribution is 7.90. The van der Waals surface area contributed by atoms with Gasteiger partial charge in [0.25, 0.3) is 0 Å². The third-order valence-corrected chi connectivity index (χ3v) is 7.16. The van der Waals surface area contributed by atoms with E-state index in [1.807, 2.05) is 0 Å². The zero-order valence-electron chi connectivity index (χ0n) is 12.1. The van der Waals surface area contributed by atoms with Crippen LogP contribution in [0.4, 0.5) is 10.1 Å². The van der Waals surface area contributed by atoms with Crippen LogP contribution in [-0.4, -0.2) is 47.5 Å². The first-order chi connectivity index (χ1) is 10.3. The van der Waals surface area contributed by atoms with E-state index in [0.29, 0.717) is 24.9 Å². The lowest BCUT2D eigenvalue weighted by atomic mass is 9.87. The topological polar surface area (TPSA) is 87.8 Å². The Morgan fingerprint density at radius 3 is 2.95 bits per heavy atom. The molecule has 2 radical (unpaired) electrons. The maximum Gasteiger partial charge on any atom is 0.305 e. The van der Waals surface area contributed by atoms with E-state index in [-0.39, 0.29) is 11.5 Å². The Hall–Kier alpha value is -1.30.